The maximum absolute atomic E-state index is 13.3. The number of hydrogen-bond donors (Lipinski definition) is 3. The maximum atomic E-state index is 13.3. The Morgan fingerprint density at radius 2 is 1.76 bits per heavy atom. The lowest BCUT2D eigenvalue weighted by atomic mass is 10.1. The van der Waals surface area contributed by atoms with Gasteiger partial charge in [-0.3, -0.25) is 5.32 Å². The molecule has 12 heteroatoms. The number of anilines is 1. The summed E-state index contributed by atoms with van der Waals surface area (Å²) < 4.78 is 84.1. The molecule has 0 saturated heterocycles. The SMILES string of the molecule is CCOC(=O)NC(Nc1nc2ccccc2[nH]1)(C(F)(F)F)C(F)(F)F. The number of carbonyl (C=O) groups is 1. The standard InChI is InChI=1S/C13H12F6N4O2/c1-2-25-10(24)23-11(12(14,15)16,13(17,18)19)22-9-20-7-5-3-4-6-8(7)21-9/h3-6H,2H2,1H3,(H,23,24)(H2,20,21,22). The number of aromatic nitrogens is 2. The van der Waals surface area contributed by atoms with Crippen LogP contribution in [0.1, 0.15) is 6.92 Å². The van der Waals surface area contributed by atoms with Crippen molar-refractivity contribution in [1.29, 1.82) is 0 Å². The summed E-state index contributed by atoms with van der Waals surface area (Å²) in [6.07, 6.45) is -13.8. The third kappa shape index (κ3) is 3.56. The molecule has 1 amide bonds. The highest BCUT2D eigenvalue weighted by atomic mass is 19.4. The molecule has 0 fully saturated rings. The Morgan fingerprint density at radius 1 is 1.16 bits per heavy atom. The quantitative estimate of drug-likeness (QED) is 0.568. The van der Waals surface area contributed by atoms with Crippen molar-refractivity contribution in [2.45, 2.75) is 24.9 Å². The molecular weight excluding hydrogens is 358 g/mol. The fraction of sp³-hybridized carbons (Fsp3) is 0.385. The molecule has 1 aromatic heterocycles. The topological polar surface area (TPSA) is 79.0 Å². The minimum absolute atomic E-state index is 0.138. The van der Waals surface area contributed by atoms with Gasteiger partial charge in [-0.05, 0) is 19.1 Å². The number of alkyl carbamates (subject to hydrolysis) is 1. The number of ether oxygens (including phenoxy) is 1. The number of alkyl halides is 6. The van der Waals surface area contributed by atoms with E-state index in [0.29, 0.717) is 0 Å². The molecule has 0 radical (unpaired) electrons. The summed E-state index contributed by atoms with van der Waals surface area (Å²) in [5.74, 6) is -0.826. The van der Waals surface area contributed by atoms with E-state index in [-0.39, 0.29) is 11.0 Å². The summed E-state index contributed by atoms with van der Waals surface area (Å²) in [6, 6.07) is 5.82. The molecule has 138 valence electrons. The molecule has 0 saturated carbocycles. The minimum Gasteiger partial charge on any atom is -0.450 e. The number of nitrogens with zero attached hydrogens (tertiary/aromatic N) is 1. The molecule has 0 aliphatic rings. The van der Waals surface area contributed by atoms with E-state index >= 15 is 0 Å². The molecule has 0 aliphatic carbocycles. The average Bonchev–Trinajstić information content (AvgIpc) is 2.86. The van der Waals surface area contributed by atoms with Crippen LogP contribution in [-0.4, -0.2) is 40.7 Å². The second-order valence-electron chi connectivity index (χ2n) is 4.82. The number of nitrogens with one attached hydrogen (secondary N) is 3. The van der Waals surface area contributed by atoms with Crippen LogP contribution in [-0.2, 0) is 4.74 Å². The lowest BCUT2D eigenvalue weighted by molar-refractivity contribution is -0.295. The number of carbonyl (C=O) groups excluding carboxylic acids is 1. The number of aromatic amines is 1. The smallest absolute Gasteiger partial charge is 0.439 e. The molecule has 0 aliphatic heterocycles. The lowest BCUT2D eigenvalue weighted by Gasteiger charge is -2.37. The average molecular weight is 370 g/mol. The summed E-state index contributed by atoms with van der Waals surface area (Å²) in [6.45, 7) is 0.817. The van der Waals surface area contributed by atoms with E-state index in [2.05, 4.69) is 14.7 Å². The zero-order chi connectivity index (χ0) is 18.9. The van der Waals surface area contributed by atoms with E-state index in [9.17, 15) is 31.1 Å². The zero-order valence-corrected chi connectivity index (χ0v) is 12.5. The Hall–Kier alpha value is -2.66. The van der Waals surface area contributed by atoms with Gasteiger partial charge < -0.3 is 15.0 Å². The summed E-state index contributed by atoms with van der Waals surface area (Å²) >= 11 is 0. The van der Waals surface area contributed by atoms with E-state index in [1.165, 1.54) is 36.5 Å². The van der Waals surface area contributed by atoms with Crippen molar-refractivity contribution in [2.75, 3.05) is 11.9 Å². The molecule has 3 N–H and O–H groups in total. The number of amides is 1. The molecule has 2 aromatic rings. The molecule has 1 heterocycles. The molecule has 2 rings (SSSR count). The van der Waals surface area contributed by atoms with Gasteiger partial charge in [0.2, 0.25) is 5.95 Å². The molecular formula is C13H12F6N4O2. The lowest BCUT2D eigenvalue weighted by Crippen LogP contribution is -2.72. The van der Waals surface area contributed by atoms with Gasteiger partial charge in [0, 0.05) is 0 Å². The van der Waals surface area contributed by atoms with Crippen LogP contribution >= 0.6 is 0 Å². The van der Waals surface area contributed by atoms with E-state index in [1.54, 1.807) is 0 Å². The van der Waals surface area contributed by atoms with Crippen molar-refractivity contribution in [3.05, 3.63) is 24.3 Å². The van der Waals surface area contributed by atoms with Crippen LogP contribution in [0.2, 0.25) is 0 Å². The second kappa shape index (κ2) is 6.33. The third-order valence-electron chi connectivity index (χ3n) is 3.11. The van der Waals surface area contributed by atoms with Crippen molar-refractivity contribution in [3.8, 4) is 0 Å². The first kappa shape index (κ1) is 18.7. The van der Waals surface area contributed by atoms with Crippen molar-refractivity contribution in [2.24, 2.45) is 0 Å². The number of fused-ring (bicyclic) bond motifs is 1. The van der Waals surface area contributed by atoms with Gasteiger partial charge in [-0.1, -0.05) is 12.1 Å². The fourth-order valence-electron chi connectivity index (χ4n) is 1.99. The van der Waals surface area contributed by atoms with E-state index < -0.39 is 36.7 Å². The minimum atomic E-state index is -5.95. The Bertz CT molecular complexity index is 708. The Kier molecular flexibility index (Phi) is 4.73. The Balaban J connectivity index is 2.50. The fourth-order valence-corrected chi connectivity index (χ4v) is 1.99. The van der Waals surface area contributed by atoms with Crippen LogP contribution in [0.3, 0.4) is 0 Å². The van der Waals surface area contributed by atoms with Gasteiger partial charge in [0.1, 0.15) is 0 Å². The van der Waals surface area contributed by atoms with Gasteiger partial charge in [-0.25, -0.2) is 9.78 Å². The Morgan fingerprint density at radius 3 is 2.28 bits per heavy atom. The maximum Gasteiger partial charge on any atom is 0.439 e. The highest BCUT2D eigenvalue weighted by Crippen LogP contribution is 2.43. The summed E-state index contributed by atoms with van der Waals surface area (Å²) in [5.41, 5.74) is -4.45. The van der Waals surface area contributed by atoms with Crippen LogP contribution in [0.4, 0.5) is 37.1 Å². The van der Waals surface area contributed by atoms with E-state index in [1.807, 2.05) is 0 Å². The van der Waals surface area contributed by atoms with Gasteiger partial charge in [-0.15, -0.1) is 0 Å². The van der Waals surface area contributed by atoms with Gasteiger partial charge in [-0.2, -0.15) is 26.3 Å². The van der Waals surface area contributed by atoms with Crippen LogP contribution in [0.5, 0.6) is 0 Å². The van der Waals surface area contributed by atoms with Crippen molar-refractivity contribution in [3.63, 3.8) is 0 Å². The molecule has 25 heavy (non-hydrogen) atoms. The first-order chi connectivity index (χ1) is 11.5. The molecule has 0 atom stereocenters. The highest BCUT2D eigenvalue weighted by Gasteiger charge is 2.73. The number of benzene rings is 1. The highest BCUT2D eigenvalue weighted by molar-refractivity contribution is 5.77. The molecule has 0 unspecified atom stereocenters. The second-order valence-corrected chi connectivity index (χ2v) is 4.82. The van der Waals surface area contributed by atoms with Crippen LogP contribution < -0.4 is 10.6 Å². The van der Waals surface area contributed by atoms with Crippen LogP contribution in [0.25, 0.3) is 11.0 Å². The van der Waals surface area contributed by atoms with Crippen molar-refractivity contribution < 1.29 is 35.9 Å². The zero-order valence-electron chi connectivity index (χ0n) is 12.5. The van der Waals surface area contributed by atoms with E-state index in [4.69, 9.17) is 0 Å². The molecule has 6 nitrogen and oxygen atoms in total. The molecule has 1 aromatic carbocycles. The predicted octanol–water partition coefficient (Wildman–Crippen LogP) is 3.54. The monoisotopic (exact) mass is 370 g/mol. The largest absolute Gasteiger partial charge is 0.450 e. The summed E-state index contributed by atoms with van der Waals surface area (Å²) in [5, 5.41) is 2.04. The first-order valence-electron chi connectivity index (χ1n) is 6.81. The number of para-hydroxylation sites is 2. The Labute approximate surface area is 136 Å². The normalized spacial score (nSPS) is 12.9. The first-order valence-corrected chi connectivity index (χ1v) is 6.81. The van der Waals surface area contributed by atoms with Crippen molar-refractivity contribution >= 4 is 23.1 Å². The summed E-state index contributed by atoms with van der Waals surface area (Å²) in [7, 11) is 0. The number of imidazole rings is 1. The van der Waals surface area contributed by atoms with E-state index in [0.717, 1.165) is 5.32 Å². The number of rotatable bonds is 4. The molecule has 0 bridgehead atoms. The number of H-pyrrole nitrogens is 1. The third-order valence-corrected chi connectivity index (χ3v) is 3.11. The summed E-state index contributed by atoms with van der Waals surface area (Å²) in [4.78, 5) is 17.2. The number of halogens is 6. The van der Waals surface area contributed by atoms with Crippen LogP contribution in [0, 0.1) is 0 Å². The predicted molar refractivity (Wildman–Crippen MR) is 74.7 cm³/mol. The van der Waals surface area contributed by atoms with Gasteiger partial charge in [0.25, 0.3) is 0 Å². The molecule has 0 spiro atoms. The van der Waals surface area contributed by atoms with Crippen LogP contribution in [0.15, 0.2) is 24.3 Å². The number of hydrogen-bond acceptors (Lipinski definition) is 4. The van der Waals surface area contributed by atoms with Crippen molar-refractivity contribution in [1.82, 2.24) is 15.3 Å². The van der Waals surface area contributed by atoms with Gasteiger partial charge >= 0.3 is 24.1 Å². The van der Waals surface area contributed by atoms with Gasteiger partial charge in [0.15, 0.2) is 0 Å². The van der Waals surface area contributed by atoms with Gasteiger partial charge in [0.05, 0.1) is 17.6 Å².